The number of hydrogen-bond acceptors (Lipinski definition) is 2. The Morgan fingerprint density at radius 1 is 1.33 bits per heavy atom. The molecule has 2 N–H and O–H groups in total. The average Bonchev–Trinajstić information content (AvgIpc) is 1.97. The molecule has 1 rings (SSSR count). The average molecular weight is 166 g/mol. The van der Waals surface area contributed by atoms with Crippen molar-refractivity contribution in [2.75, 3.05) is 0 Å². The van der Waals surface area contributed by atoms with Crippen LogP contribution in [0, 0.1) is 13.8 Å². The van der Waals surface area contributed by atoms with Gasteiger partial charge in [0.15, 0.2) is 0 Å². The van der Waals surface area contributed by atoms with Gasteiger partial charge in [-0.15, -0.1) is 0 Å². The van der Waals surface area contributed by atoms with Gasteiger partial charge in [0.1, 0.15) is 5.75 Å². The number of phenols is 1. The third-order valence-electron chi connectivity index (χ3n) is 1.86. The van der Waals surface area contributed by atoms with Gasteiger partial charge in [-0.05, 0) is 25.5 Å². The van der Waals surface area contributed by atoms with Crippen molar-refractivity contribution in [3.8, 4) is 5.75 Å². The van der Waals surface area contributed by atoms with Gasteiger partial charge >= 0.3 is 5.97 Å². The summed E-state index contributed by atoms with van der Waals surface area (Å²) < 4.78 is 0. The van der Waals surface area contributed by atoms with Crippen molar-refractivity contribution < 1.29 is 15.0 Å². The second kappa shape index (κ2) is 2.85. The number of carboxylic acid groups (broad SMARTS) is 1. The van der Waals surface area contributed by atoms with Crippen molar-refractivity contribution in [3.05, 3.63) is 28.8 Å². The Morgan fingerprint density at radius 2 is 1.92 bits per heavy atom. The van der Waals surface area contributed by atoms with Crippen molar-refractivity contribution in [2.24, 2.45) is 0 Å². The predicted octanol–water partition coefficient (Wildman–Crippen LogP) is 1.71. The quantitative estimate of drug-likeness (QED) is 0.667. The summed E-state index contributed by atoms with van der Waals surface area (Å²) in [5, 5.41) is 18.0. The molecule has 0 saturated heterocycles. The number of carbonyl (C=O) groups is 1. The van der Waals surface area contributed by atoms with Crippen LogP contribution in [0.3, 0.4) is 0 Å². The molecule has 0 unspecified atom stereocenters. The van der Waals surface area contributed by atoms with Crippen molar-refractivity contribution in [1.82, 2.24) is 0 Å². The Balaban J connectivity index is 3.43. The minimum atomic E-state index is -0.999. The lowest BCUT2D eigenvalue weighted by atomic mass is 10.0. The summed E-state index contributed by atoms with van der Waals surface area (Å²) in [6.45, 7) is 3.29. The maximum atomic E-state index is 10.7. The van der Waals surface area contributed by atoms with Gasteiger partial charge in [-0.25, -0.2) is 4.79 Å². The fourth-order valence-electron chi connectivity index (χ4n) is 1.17. The van der Waals surface area contributed by atoms with Crippen LogP contribution >= 0.6 is 0 Å². The first kappa shape index (κ1) is 8.59. The molecule has 3 nitrogen and oxygen atoms in total. The molecule has 0 atom stereocenters. The number of aromatic hydroxyl groups is 1. The topological polar surface area (TPSA) is 57.5 Å². The van der Waals surface area contributed by atoms with Gasteiger partial charge in [-0.3, -0.25) is 0 Å². The van der Waals surface area contributed by atoms with Gasteiger partial charge in [-0.2, -0.15) is 0 Å². The van der Waals surface area contributed by atoms with Crippen molar-refractivity contribution >= 4 is 5.97 Å². The lowest BCUT2D eigenvalue weighted by Crippen LogP contribution is -2.02. The van der Waals surface area contributed by atoms with Crippen LogP contribution in [0.25, 0.3) is 0 Å². The van der Waals surface area contributed by atoms with E-state index in [9.17, 15) is 9.90 Å². The van der Waals surface area contributed by atoms with Crippen LogP contribution in [0.1, 0.15) is 21.5 Å². The number of phenolic OH excluding ortho intramolecular Hbond substituents is 1. The van der Waals surface area contributed by atoms with Crippen molar-refractivity contribution in [2.45, 2.75) is 13.8 Å². The second-order valence-electron chi connectivity index (χ2n) is 2.71. The normalized spacial score (nSPS) is 9.83. The SMILES string of the molecule is Cc1ccc(O)c(C)c1C(=O)O. The van der Waals surface area contributed by atoms with Crippen molar-refractivity contribution in [3.63, 3.8) is 0 Å². The lowest BCUT2D eigenvalue weighted by Gasteiger charge is -2.05. The van der Waals surface area contributed by atoms with E-state index in [1.807, 2.05) is 0 Å². The Labute approximate surface area is 70.3 Å². The summed E-state index contributed by atoms with van der Waals surface area (Å²) >= 11 is 0. The third-order valence-corrected chi connectivity index (χ3v) is 1.86. The fourth-order valence-corrected chi connectivity index (χ4v) is 1.17. The summed E-state index contributed by atoms with van der Waals surface area (Å²) in [5.74, 6) is -0.973. The summed E-state index contributed by atoms with van der Waals surface area (Å²) in [7, 11) is 0. The Hall–Kier alpha value is -1.51. The monoisotopic (exact) mass is 166 g/mol. The molecule has 0 heterocycles. The molecule has 0 saturated carbocycles. The number of aromatic carboxylic acids is 1. The van der Waals surface area contributed by atoms with E-state index in [2.05, 4.69) is 0 Å². The molecular formula is C9H10O3. The highest BCUT2D eigenvalue weighted by Crippen LogP contribution is 2.22. The molecular weight excluding hydrogens is 156 g/mol. The highest BCUT2D eigenvalue weighted by Gasteiger charge is 2.12. The molecule has 3 heteroatoms. The van der Waals surface area contributed by atoms with Crippen LogP contribution in [0.4, 0.5) is 0 Å². The van der Waals surface area contributed by atoms with Crippen LogP contribution < -0.4 is 0 Å². The molecule has 1 aromatic rings. The van der Waals surface area contributed by atoms with E-state index in [1.165, 1.54) is 6.07 Å². The first-order valence-electron chi connectivity index (χ1n) is 3.56. The number of hydrogen-bond donors (Lipinski definition) is 2. The number of benzene rings is 1. The zero-order chi connectivity index (χ0) is 9.30. The minimum absolute atomic E-state index is 0.0259. The van der Waals surface area contributed by atoms with Crippen LogP contribution in [-0.4, -0.2) is 16.2 Å². The molecule has 0 amide bonds. The Kier molecular flexibility index (Phi) is 2.04. The van der Waals surface area contributed by atoms with E-state index in [-0.39, 0.29) is 11.3 Å². The molecule has 0 bridgehead atoms. The maximum Gasteiger partial charge on any atom is 0.336 e. The summed E-state index contributed by atoms with van der Waals surface area (Å²) in [5.41, 5.74) is 1.27. The van der Waals surface area contributed by atoms with E-state index in [0.29, 0.717) is 11.1 Å². The van der Waals surface area contributed by atoms with Crippen LogP contribution in [0.2, 0.25) is 0 Å². The largest absolute Gasteiger partial charge is 0.508 e. The molecule has 0 spiro atoms. The second-order valence-corrected chi connectivity index (χ2v) is 2.71. The van der Waals surface area contributed by atoms with Crippen molar-refractivity contribution in [1.29, 1.82) is 0 Å². The fraction of sp³-hybridized carbons (Fsp3) is 0.222. The summed E-state index contributed by atoms with van der Waals surface area (Å²) in [6, 6.07) is 3.09. The molecule has 0 aromatic heterocycles. The molecule has 64 valence electrons. The number of aryl methyl sites for hydroxylation is 1. The van der Waals surface area contributed by atoms with E-state index >= 15 is 0 Å². The van der Waals surface area contributed by atoms with E-state index in [1.54, 1.807) is 19.9 Å². The summed E-state index contributed by atoms with van der Waals surface area (Å²) in [4.78, 5) is 10.7. The van der Waals surface area contributed by atoms with Crippen LogP contribution in [0.5, 0.6) is 5.75 Å². The van der Waals surface area contributed by atoms with E-state index < -0.39 is 5.97 Å². The first-order chi connectivity index (χ1) is 5.54. The standard InChI is InChI=1S/C9H10O3/c1-5-3-4-7(10)6(2)8(5)9(11)12/h3-4,10H,1-2H3,(H,11,12). The Bertz CT molecular complexity index is 329. The van der Waals surface area contributed by atoms with E-state index in [0.717, 1.165) is 0 Å². The molecule has 0 aliphatic carbocycles. The minimum Gasteiger partial charge on any atom is -0.508 e. The smallest absolute Gasteiger partial charge is 0.336 e. The van der Waals surface area contributed by atoms with Gasteiger partial charge in [0.05, 0.1) is 5.56 Å². The maximum absolute atomic E-state index is 10.7. The first-order valence-corrected chi connectivity index (χ1v) is 3.56. The Morgan fingerprint density at radius 3 is 2.33 bits per heavy atom. The zero-order valence-electron chi connectivity index (χ0n) is 6.96. The lowest BCUT2D eigenvalue weighted by molar-refractivity contribution is 0.0695. The highest BCUT2D eigenvalue weighted by atomic mass is 16.4. The van der Waals surface area contributed by atoms with Crippen LogP contribution in [-0.2, 0) is 0 Å². The summed E-state index contributed by atoms with van der Waals surface area (Å²) in [6.07, 6.45) is 0. The van der Waals surface area contributed by atoms with Gasteiger partial charge in [0.25, 0.3) is 0 Å². The number of carboxylic acids is 1. The molecule has 0 fully saturated rings. The van der Waals surface area contributed by atoms with Gasteiger partial charge in [-0.1, -0.05) is 6.07 Å². The van der Waals surface area contributed by atoms with Gasteiger partial charge in [0, 0.05) is 5.56 Å². The van der Waals surface area contributed by atoms with Crippen LogP contribution in [0.15, 0.2) is 12.1 Å². The number of rotatable bonds is 1. The zero-order valence-corrected chi connectivity index (χ0v) is 6.96. The molecule has 1 aromatic carbocycles. The van der Waals surface area contributed by atoms with Gasteiger partial charge < -0.3 is 10.2 Å². The van der Waals surface area contributed by atoms with E-state index in [4.69, 9.17) is 5.11 Å². The molecule has 0 radical (unpaired) electrons. The highest BCUT2D eigenvalue weighted by molar-refractivity contribution is 5.91. The third kappa shape index (κ3) is 1.25. The molecule has 0 aliphatic heterocycles. The van der Waals surface area contributed by atoms with Gasteiger partial charge in [0.2, 0.25) is 0 Å². The predicted molar refractivity (Wildman–Crippen MR) is 44.5 cm³/mol. The molecule has 0 aliphatic rings. The molecule has 12 heavy (non-hydrogen) atoms.